The van der Waals surface area contributed by atoms with Crippen LogP contribution < -0.4 is 10.1 Å². The molecule has 0 unspecified atom stereocenters. The Bertz CT molecular complexity index is 781. The molecule has 1 N–H and O–H groups in total. The van der Waals surface area contributed by atoms with Gasteiger partial charge in [-0.05, 0) is 37.2 Å². The number of hydrogen-bond acceptors (Lipinski definition) is 5. The lowest BCUT2D eigenvalue weighted by molar-refractivity contribution is -0.384. The molecular weight excluding hydrogens is 358 g/mol. The summed E-state index contributed by atoms with van der Waals surface area (Å²) in [6, 6.07) is 11.4. The fourth-order valence-corrected chi connectivity index (χ4v) is 2.57. The first kappa shape index (κ1) is 19.7. The van der Waals surface area contributed by atoms with Gasteiger partial charge >= 0.3 is 0 Å². The van der Waals surface area contributed by atoms with Gasteiger partial charge in [-0.25, -0.2) is 0 Å². The van der Waals surface area contributed by atoms with E-state index in [1.165, 1.54) is 19.2 Å². The van der Waals surface area contributed by atoms with Crippen molar-refractivity contribution in [2.75, 3.05) is 32.6 Å². The zero-order valence-electron chi connectivity index (χ0n) is 14.6. The smallest absolute Gasteiger partial charge is 0.269 e. The number of nitrogens with one attached hydrogen (secondary N) is 1. The minimum Gasteiger partial charge on any atom is -0.495 e. The molecule has 0 atom stereocenters. The second kappa shape index (κ2) is 9.17. The third-order valence-electron chi connectivity index (χ3n) is 3.78. The van der Waals surface area contributed by atoms with Gasteiger partial charge in [0, 0.05) is 23.7 Å². The normalized spacial score (nSPS) is 10.6. The molecule has 0 aromatic heterocycles. The van der Waals surface area contributed by atoms with Gasteiger partial charge in [-0.1, -0.05) is 23.7 Å². The van der Waals surface area contributed by atoms with Crippen LogP contribution in [0, 0.1) is 10.1 Å². The van der Waals surface area contributed by atoms with E-state index >= 15 is 0 Å². The number of likely N-dealkylation sites (N-methyl/N-ethyl adjacent to an activating group) is 1. The summed E-state index contributed by atoms with van der Waals surface area (Å²) in [5.41, 5.74) is 1.56. The van der Waals surface area contributed by atoms with Crippen LogP contribution in [0.25, 0.3) is 0 Å². The minimum atomic E-state index is -0.426. The Labute approximate surface area is 156 Å². The molecule has 0 aliphatic rings. The quantitative estimate of drug-likeness (QED) is 0.563. The first-order valence-electron chi connectivity index (χ1n) is 7.94. The number of carbonyl (C=O) groups is 1. The Morgan fingerprint density at radius 1 is 1.27 bits per heavy atom. The van der Waals surface area contributed by atoms with Gasteiger partial charge in [-0.15, -0.1) is 0 Å². The van der Waals surface area contributed by atoms with Gasteiger partial charge in [-0.3, -0.25) is 19.8 Å². The van der Waals surface area contributed by atoms with Crippen molar-refractivity contribution in [1.29, 1.82) is 0 Å². The molecule has 1 amide bonds. The molecule has 0 spiro atoms. The van der Waals surface area contributed by atoms with Crippen LogP contribution in [0.5, 0.6) is 5.75 Å². The highest BCUT2D eigenvalue weighted by atomic mass is 35.5. The molecule has 0 heterocycles. The molecule has 0 saturated heterocycles. The highest BCUT2D eigenvalue weighted by Gasteiger charge is 2.11. The van der Waals surface area contributed by atoms with Crippen LogP contribution in [-0.2, 0) is 11.2 Å². The summed E-state index contributed by atoms with van der Waals surface area (Å²) < 4.78 is 5.20. The van der Waals surface area contributed by atoms with Crippen molar-refractivity contribution in [3.63, 3.8) is 0 Å². The van der Waals surface area contributed by atoms with Crippen molar-refractivity contribution < 1.29 is 14.5 Å². The van der Waals surface area contributed by atoms with Gasteiger partial charge in [0.15, 0.2) is 0 Å². The Balaban J connectivity index is 1.85. The Kier molecular flexibility index (Phi) is 6.94. The monoisotopic (exact) mass is 377 g/mol. The van der Waals surface area contributed by atoms with Gasteiger partial charge < -0.3 is 10.1 Å². The maximum atomic E-state index is 12.2. The van der Waals surface area contributed by atoms with Gasteiger partial charge in [0.05, 0.1) is 24.3 Å². The molecule has 2 rings (SSSR count). The standard InChI is InChI=1S/C18H20ClN3O4/c1-21(10-9-13-3-6-15(7-4-13)22(24)25)12-18(23)20-16-11-14(19)5-8-17(16)26-2/h3-8,11H,9-10,12H2,1-2H3,(H,20,23). The fourth-order valence-electron chi connectivity index (χ4n) is 2.40. The van der Waals surface area contributed by atoms with Gasteiger partial charge in [-0.2, -0.15) is 0 Å². The van der Waals surface area contributed by atoms with Crippen LogP contribution in [0.15, 0.2) is 42.5 Å². The minimum absolute atomic E-state index is 0.0666. The molecular formula is C18H20ClN3O4. The molecule has 26 heavy (non-hydrogen) atoms. The first-order valence-corrected chi connectivity index (χ1v) is 8.32. The van der Waals surface area contributed by atoms with Crippen molar-refractivity contribution in [3.8, 4) is 5.75 Å². The lowest BCUT2D eigenvalue weighted by atomic mass is 10.1. The molecule has 0 aliphatic heterocycles. The average Bonchev–Trinajstić information content (AvgIpc) is 2.60. The number of nitro groups is 1. The van der Waals surface area contributed by atoms with E-state index in [1.54, 1.807) is 30.3 Å². The number of nitro benzene ring substituents is 1. The number of carbonyl (C=O) groups excluding carboxylic acids is 1. The zero-order valence-corrected chi connectivity index (χ0v) is 15.3. The largest absolute Gasteiger partial charge is 0.495 e. The number of anilines is 1. The van der Waals surface area contributed by atoms with E-state index < -0.39 is 4.92 Å². The van der Waals surface area contributed by atoms with Crippen molar-refractivity contribution in [1.82, 2.24) is 4.90 Å². The fraction of sp³-hybridized carbons (Fsp3) is 0.278. The number of methoxy groups -OCH3 is 1. The third-order valence-corrected chi connectivity index (χ3v) is 4.01. The van der Waals surface area contributed by atoms with Gasteiger partial charge in [0.25, 0.3) is 5.69 Å². The van der Waals surface area contributed by atoms with E-state index in [1.807, 2.05) is 11.9 Å². The first-order chi connectivity index (χ1) is 12.4. The number of ether oxygens (including phenoxy) is 1. The average molecular weight is 378 g/mol. The number of halogens is 1. The second-order valence-electron chi connectivity index (χ2n) is 5.80. The third kappa shape index (κ3) is 5.72. The molecule has 0 fully saturated rings. The molecule has 0 saturated carbocycles. The highest BCUT2D eigenvalue weighted by molar-refractivity contribution is 6.31. The summed E-state index contributed by atoms with van der Waals surface area (Å²) in [6.45, 7) is 0.834. The van der Waals surface area contributed by atoms with E-state index in [0.717, 1.165) is 5.56 Å². The van der Waals surface area contributed by atoms with Crippen LogP contribution >= 0.6 is 11.6 Å². The van der Waals surface area contributed by atoms with Crippen molar-refractivity contribution in [3.05, 3.63) is 63.2 Å². The molecule has 0 radical (unpaired) electrons. The Morgan fingerprint density at radius 2 is 1.96 bits per heavy atom. The van der Waals surface area contributed by atoms with Crippen molar-refractivity contribution in [2.24, 2.45) is 0 Å². The molecule has 138 valence electrons. The van der Waals surface area contributed by atoms with E-state index in [9.17, 15) is 14.9 Å². The van der Waals surface area contributed by atoms with E-state index in [4.69, 9.17) is 16.3 Å². The van der Waals surface area contributed by atoms with Gasteiger partial charge in [0.2, 0.25) is 5.91 Å². The lowest BCUT2D eigenvalue weighted by Crippen LogP contribution is -2.31. The summed E-state index contributed by atoms with van der Waals surface area (Å²) >= 11 is 5.95. The van der Waals surface area contributed by atoms with Crippen LogP contribution in [0.4, 0.5) is 11.4 Å². The number of rotatable bonds is 8. The number of nitrogens with zero attached hydrogens (tertiary/aromatic N) is 2. The van der Waals surface area contributed by atoms with Crippen molar-refractivity contribution >= 4 is 28.9 Å². The molecule has 7 nitrogen and oxygen atoms in total. The van der Waals surface area contributed by atoms with E-state index in [0.29, 0.717) is 29.4 Å². The van der Waals surface area contributed by atoms with E-state index in [2.05, 4.69) is 5.32 Å². The number of benzene rings is 2. The second-order valence-corrected chi connectivity index (χ2v) is 6.24. The van der Waals surface area contributed by atoms with Crippen LogP contribution in [0.1, 0.15) is 5.56 Å². The predicted molar refractivity (Wildman–Crippen MR) is 101 cm³/mol. The summed E-state index contributed by atoms with van der Waals surface area (Å²) in [5.74, 6) is 0.355. The Hall–Kier alpha value is -2.64. The molecule has 2 aromatic carbocycles. The molecule has 2 aromatic rings. The highest BCUT2D eigenvalue weighted by Crippen LogP contribution is 2.27. The molecule has 8 heteroatoms. The number of hydrogen-bond donors (Lipinski definition) is 1. The predicted octanol–water partition coefficient (Wildman–Crippen LogP) is 3.37. The maximum Gasteiger partial charge on any atom is 0.269 e. The number of amides is 1. The van der Waals surface area contributed by atoms with Crippen LogP contribution in [-0.4, -0.2) is 43.0 Å². The summed E-state index contributed by atoms with van der Waals surface area (Å²) in [7, 11) is 3.36. The summed E-state index contributed by atoms with van der Waals surface area (Å²) in [6.07, 6.45) is 0.683. The molecule has 0 bridgehead atoms. The lowest BCUT2D eigenvalue weighted by Gasteiger charge is -2.17. The SMILES string of the molecule is COc1ccc(Cl)cc1NC(=O)CN(C)CCc1ccc([N+](=O)[O-])cc1. The molecule has 0 aliphatic carbocycles. The Morgan fingerprint density at radius 3 is 2.58 bits per heavy atom. The van der Waals surface area contributed by atoms with Crippen LogP contribution in [0.2, 0.25) is 5.02 Å². The van der Waals surface area contributed by atoms with Crippen LogP contribution in [0.3, 0.4) is 0 Å². The summed E-state index contributed by atoms with van der Waals surface area (Å²) in [5, 5.41) is 13.9. The van der Waals surface area contributed by atoms with Crippen molar-refractivity contribution in [2.45, 2.75) is 6.42 Å². The van der Waals surface area contributed by atoms with E-state index in [-0.39, 0.29) is 18.1 Å². The maximum absolute atomic E-state index is 12.2. The van der Waals surface area contributed by atoms with Gasteiger partial charge in [0.1, 0.15) is 5.75 Å². The number of non-ortho nitro benzene ring substituents is 1. The summed E-state index contributed by atoms with van der Waals surface area (Å²) in [4.78, 5) is 24.3. The zero-order chi connectivity index (χ0) is 19.1. The topological polar surface area (TPSA) is 84.7 Å².